The number of hydrogen-bond donors (Lipinski definition) is 1. The van der Waals surface area contributed by atoms with E-state index in [0.717, 1.165) is 11.3 Å². The lowest BCUT2D eigenvalue weighted by molar-refractivity contribution is 0.0943. The van der Waals surface area contributed by atoms with Crippen LogP contribution >= 0.6 is 0 Å². The number of rotatable bonds is 4. The van der Waals surface area contributed by atoms with Gasteiger partial charge in [-0.3, -0.25) is 4.79 Å². The second kappa shape index (κ2) is 5.35. The van der Waals surface area contributed by atoms with Gasteiger partial charge in [-0.1, -0.05) is 12.7 Å². The summed E-state index contributed by atoms with van der Waals surface area (Å²) in [6.45, 7) is 7.54. The number of ether oxygens (including phenoxy) is 1. The van der Waals surface area contributed by atoms with E-state index in [9.17, 15) is 4.79 Å². The Balaban J connectivity index is 2.99. The van der Waals surface area contributed by atoms with Crippen molar-refractivity contribution in [1.29, 1.82) is 0 Å². The lowest BCUT2D eigenvalue weighted by atomic mass is 10.1. The van der Waals surface area contributed by atoms with Crippen LogP contribution in [0.25, 0.3) is 6.08 Å². The molecule has 0 aliphatic rings. The average Bonchev–Trinajstić information content (AvgIpc) is 2.27. The summed E-state index contributed by atoms with van der Waals surface area (Å²) in [4.78, 5) is 11.7. The normalized spacial score (nSPS) is 10.0. The molecule has 3 heteroatoms. The monoisotopic (exact) mass is 219 g/mol. The Kier molecular flexibility index (Phi) is 4.11. The third-order valence-corrected chi connectivity index (χ3v) is 2.13. The van der Waals surface area contributed by atoms with Crippen molar-refractivity contribution in [3.8, 4) is 5.75 Å². The minimum Gasteiger partial charge on any atom is -0.496 e. The molecule has 0 aromatic heterocycles. The molecule has 86 valence electrons. The van der Waals surface area contributed by atoms with Gasteiger partial charge in [0.2, 0.25) is 0 Å². The van der Waals surface area contributed by atoms with Gasteiger partial charge in [-0.25, -0.2) is 0 Å². The minimum atomic E-state index is -0.0826. The Hall–Kier alpha value is -1.77. The molecule has 1 rings (SSSR count). The van der Waals surface area contributed by atoms with Gasteiger partial charge in [-0.05, 0) is 32.0 Å². The summed E-state index contributed by atoms with van der Waals surface area (Å²) in [6, 6.07) is 5.40. The average molecular weight is 219 g/mol. The Morgan fingerprint density at radius 1 is 1.50 bits per heavy atom. The van der Waals surface area contributed by atoms with Crippen LogP contribution in [-0.4, -0.2) is 19.1 Å². The van der Waals surface area contributed by atoms with E-state index >= 15 is 0 Å². The first-order chi connectivity index (χ1) is 7.58. The summed E-state index contributed by atoms with van der Waals surface area (Å²) >= 11 is 0. The highest BCUT2D eigenvalue weighted by Gasteiger charge is 2.09. The summed E-state index contributed by atoms with van der Waals surface area (Å²) in [7, 11) is 1.59. The zero-order chi connectivity index (χ0) is 12.1. The number of carbonyl (C=O) groups is 1. The van der Waals surface area contributed by atoms with E-state index in [0.29, 0.717) is 5.56 Å². The fraction of sp³-hybridized carbons (Fsp3) is 0.308. The van der Waals surface area contributed by atoms with E-state index in [2.05, 4.69) is 11.9 Å². The van der Waals surface area contributed by atoms with Crippen LogP contribution in [0.4, 0.5) is 0 Å². The molecule has 1 amide bonds. The fourth-order valence-corrected chi connectivity index (χ4v) is 1.38. The fourth-order valence-electron chi connectivity index (χ4n) is 1.38. The molecule has 0 aliphatic carbocycles. The molecule has 0 spiro atoms. The molecule has 0 fully saturated rings. The Labute approximate surface area is 96.1 Å². The van der Waals surface area contributed by atoms with Gasteiger partial charge in [0.15, 0.2) is 0 Å². The van der Waals surface area contributed by atoms with E-state index < -0.39 is 0 Å². The maximum atomic E-state index is 11.7. The first kappa shape index (κ1) is 12.3. The molecule has 1 N–H and O–H groups in total. The van der Waals surface area contributed by atoms with Gasteiger partial charge in [-0.2, -0.15) is 0 Å². The molecule has 0 unspecified atom stereocenters. The molecule has 0 heterocycles. The summed E-state index contributed by atoms with van der Waals surface area (Å²) in [5, 5.41) is 2.83. The SMILES string of the molecule is C=Cc1cc(C(=O)NC(C)C)ccc1OC. The van der Waals surface area contributed by atoms with Gasteiger partial charge in [0.1, 0.15) is 5.75 Å². The highest BCUT2D eigenvalue weighted by Crippen LogP contribution is 2.20. The molecule has 0 aliphatic heterocycles. The summed E-state index contributed by atoms with van der Waals surface area (Å²) in [6.07, 6.45) is 1.67. The van der Waals surface area contributed by atoms with Gasteiger partial charge in [0, 0.05) is 17.2 Å². The van der Waals surface area contributed by atoms with Gasteiger partial charge < -0.3 is 10.1 Å². The topological polar surface area (TPSA) is 38.3 Å². The number of methoxy groups -OCH3 is 1. The van der Waals surface area contributed by atoms with Crippen LogP contribution in [0.15, 0.2) is 24.8 Å². The van der Waals surface area contributed by atoms with E-state index in [-0.39, 0.29) is 11.9 Å². The Morgan fingerprint density at radius 2 is 2.19 bits per heavy atom. The van der Waals surface area contributed by atoms with E-state index in [1.165, 1.54) is 0 Å². The first-order valence-electron chi connectivity index (χ1n) is 5.19. The van der Waals surface area contributed by atoms with Gasteiger partial charge in [-0.15, -0.1) is 0 Å². The predicted octanol–water partition coefficient (Wildman–Crippen LogP) is 2.48. The molecule has 0 saturated heterocycles. The molecule has 0 atom stereocenters. The van der Waals surface area contributed by atoms with Crippen LogP contribution in [0.2, 0.25) is 0 Å². The van der Waals surface area contributed by atoms with Crippen molar-refractivity contribution in [2.24, 2.45) is 0 Å². The number of nitrogens with one attached hydrogen (secondary N) is 1. The zero-order valence-electron chi connectivity index (χ0n) is 9.91. The van der Waals surface area contributed by atoms with Crippen molar-refractivity contribution in [3.63, 3.8) is 0 Å². The smallest absolute Gasteiger partial charge is 0.251 e. The van der Waals surface area contributed by atoms with Crippen molar-refractivity contribution in [1.82, 2.24) is 5.32 Å². The third-order valence-electron chi connectivity index (χ3n) is 2.13. The summed E-state index contributed by atoms with van der Waals surface area (Å²) in [5.41, 5.74) is 1.43. The quantitative estimate of drug-likeness (QED) is 0.844. The van der Waals surface area contributed by atoms with E-state index in [1.807, 2.05) is 13.8 Å². The molecule has 0 saturated carbocycles. The zero-order valence-corrected chi connectivity index (χ0v) is 9.91. The number of benzene rings is 1. The first-order valence-corrected chi connectivity index (χ1v) is 5.19. The van der Waals surface area contributed by atoms with Crippen molar-refractivity contribution in [2.75, 3.05) is 7.11 Å². The second-order valence-electron chi connectivity index (χ2n) is 3.79. The summed E-state index contributed by atoms with van der Waals surface area (Å²) in [5.74, 6) is 0.636. The van der Waals surface area contributed by atoms with E-state index in [1.54, 1.807) is 31.4 Å². The van der Waals surface area contributed by atoms with Gasteiger partial charge in [0.05, 0.1) is 7.11 Å². The van der Waals surface area contributed by atoms with Crippen LogP contribution in [-0.2, 0) is 0 Å². The number of hydrogen-bond acceptors (Lipinski definition) is 2. The molecule has 1 aromatic rings. The van der Waals surface area contributed by atoms with Crippen molar-refractivity contribution in [2.45, 2.75) is 19.9 Å². The molecular formula is C13H17NO2. The minimum absolute atomic E-state index is 0.0826. The Morgan fingerprint density at radius 3 is 2.69 bits per heavy atom. The second-order valence-corrected chi connectivity index (χ2v) is 3.79. The molecule has 1 aromatic carbocycles. The highest BCUT2D eigenvalue weighted by molar-refractivity contribution is 5.95. The van der Waals surface area contributed by atoms with Crippen molar-refractivity contribution < 1.29 is 9.53 Å². The van der Waals surface area contributed by atoms with Crippen molar-refractivity contribution >= 4 is 12.0 Å². The lowest BCUT2D eigenvalue weighted by Gasteiger charge is -2.10. The van der Waals surface area contributed by atoms with Crippen LogP contribution in [0, 0.1) is 0 Å². The van der Waals surface area contributed by atoms with Crippen LogP contribution in [0.1, 0.15) is 29.8 Å². The van der Waals surface area contributed by atoms with Gasteiger partial charge in [0.25, 0.3) is 5.91 Å². The maximum Gasteiger partial charge on any atom is 0.251 e. The number of carbonyl (C=O) groups excluding carboxylic acids is 1. The van der Waals surface area contributed by atoms with Crippen molar-refractivity contribution in [3.05, 3.63) is 35.9 Å². The predicted molar refractivity (Wildman–Crippen MR) is 65.7 cm³/mol. The Bertz CT molecular complexity index is 397. The van der Waals surface area contributed by atoms with E-state index in [4.69, 9.17) is 4.74 Å². The lowest BCUT2D eigenvalue weighted by Crippen LogP contribution is -2.30. The summed E-state index contributed by atoms with van der Waals surface area (Å²) < 4.78 is 5.15. The van der Waals surface area contributed by atoms with Crippen LogP contribution < -0.4 is 10.1 Å². The third kappa shape index (κ3) is 2.86. The molecule has 3 nitrogen and oxygen atoms in total. The van der Waals surface area contributed by atoms with Gasteiger partial charge >= 0.3 is 0 Å². The molecular weight excluding hydrogens is 202 g/mol. The molecule has 0 radical (unpaired) electrons. The molecule has 0 bridgehead atoms. The molecule has 16 heavy (non-hydrogen) atoms. The highest BCUT2D eigenvalue weighted by atomic mass is 16.5. The maximum absolute atomic E-state index is 11.7. The van der Waals surface area contributed by atoms with Crippen LogP contribution in [0.3, 0.4) is 0 Å². The number of amides is 1. The largest absolute Gasteiger partial charge is 0.496 e. The standard InChI is InChI=1S/C13H17NO2/c1-5-10-8-11(6-7-12(10)16-4)13(15)14-9(2)3/h5-9H,1H2,2-4H3,(H,14,15). The van der Waals surface area contributed by atoms with Crippen LogP contribution in [0.5, 0.6) is 5.75 Å².